The summed E-state index contributed by atoms with van der Waals surface area (Å²) in [5, 5.41) is 0. The Bertz CT molecular complexity index is 887. The maximum absolute atomic E-state index is 14.2. The summed E-state index contributed by atoms with van der Waals surface area (Å²) < 4.78 is 138. The zero-order valence-corrected chi connectivity index (χ0v) is 18.6. The molecule has 1 aliphatic rings. The molecule has 0 spiro atoms. The second-order valence-corrected chi connectivity index (χ2v) is 13.6. The summed E-state index contributed by atoms with van der Waals surface area (Å²) in [6.07, 6.45) is 4.25. The molecule has 0 aliphatic heterocycles. The van der Waals surface area contributed by atoms with E-state index in [-0.39, 0.29) is 0 Å². The van der Waals surface area contributed by atoms with Crippen LogP contribution in [0.25, 0.3) is 0 Å². The molecule has 15 heteroatoms. The van der Waals surface area contributed by atoms with Crippen LogP contribution in [0.15, 0.2) is 0 Å². The molecule has 0 heterocycles. The SMILES string of the molecule is Fc1c(F)c(F)c(B([C]2[CH][CH][CH][CH]2)c2c(F)c(F)c(F)c(F)c2F)c(F)c1F.[Cl][Ti+]([Cl])[Cl]. The topological polar surface area (TPSA) is 0 Å². The Labute approximate surface area is 193 Å². The van der Waals surface area contributed by atoms with Crippen molar-refractivity contribution in [2.45, 2.75) is 0 Å². The molecule has 0 aromatic heterocycles. The molecule has 0 amide bonds. The number of hydrogen-bond acceptors (Lipinski definition) is 0. The Hall–Kier alpha value is -0.611. The molecule has 0 unspecified atom stereocenters. The molecule has 0 atom stereocenters. The molecule has 169 valence electrons. The van der Waals surface area contributed by atoms with E-state index in [9.17, 15) is 43.9 Å². The first kappa shape index (κ1) is 27.6. The summed E-state index contributed by atoms with van der Waals surface area (Å²) in [5.41, 5.74) is -3.52. The van der Waals surface area contributed by atoms with Crippen LogP contribution in [-0.4, -0.2) is 6.71 Å². The third-order valence-corrected chi connectivity index (χ3v) is 4.09. The van der Waals surface area contributed by atoms with Crippen LogP contribution in [0.4, 0.5) is 43.9 Å². The number of hydrogen-bond donors (Lipinski definition) is 0. The van der Waals surface area contributed by atoms with E-state index in [4.69, 9.17) is 27.9 Å². The predicted molar refractivity (Wildman–Crippen MR) is 95.5 cm³/mol. The van der Waals surface area contributed by atoms with Crippen molar-refractivity contribution < 1.29 is 58.6 Å². The van der Waals surface area contributed by atoms with Crippen molar-refractivity contribution in [3.05, 3.63) is 89.7 Å². The Morgan fingerprint density at radius 3 is 0.938 bits per heavy atom. The number of benzene rings is 2. The average Bonchev–Trinajstić information content (AvgIpc) is 3.26. The van der Waals surface area contributed by atoms with Gasteiger partial charge in [0.1, 0.15) is 0 Å². The summed E-state index contributed by atoms with van der Waals surface area (Å²) in [6, 6.07) is 0. The van der Waals surface area contributed by atoms with Crippen molar-refractivity contribution in [1.29, 1.82) is 0 Å². The van der Waals surface area contributed by atoms with Crippen LogP contribution in [0.3, 0.4) is 0 Å². The van der Waals surface area contributed by atoms with E-state index < -0.39 is 96.3 Å². The Kier molecular flexibility index (Phi) is 9.68. The van der Waals surface area contributed by atoms with Crippen LogP contribution < -0.4 is 10.9 Å². The minimum absolute atomic E-state index is 0.466. The standard InChI is InChI=1S/C17H4BF10.3ClH.Ti/c19-8-6(9(20)13(24)16(27)12(8)23)18(5-3-1-2-4-5)7-10(21)14(25)17(28)15(26)11(7)22;;;;/h1-4H;3*1H;/q;;;;+4/p-3. The average molecular weight is 563 g/mol. The Balaban J connectivity index is 0.000000837. The summed E-state index contributed by atoms with van der Waals surface area (Å²) >= 11 is -1.92. The molecule has 2 aromatic rings. The van der Waals surface area contributed by atoms with E-state index >= 15 is 0 Å². The Morgan fingerprint density at radius 2 is 0.688 bits per heavy atom. The molecular formula is C17H4BCl3F10Ti+. The van der Waals surface area contributed by atoms with Crippen molar-refractivity contribution in [2.24, 2.45) is 0 Å². The van der Waals surface area contributed by atoms with E-state index in [0.29, 0.717) is 0 Å². The summed E-state index contributed by atoms with van der Waals surface area (Å²) in [4.78, 5) is 0. The van der Waals surface area contributed by atoms with Gasteiger partial charge in [-0.2, -0.15) is 0 Å². The monoisotopic (exact) mass is 562 g/mol. The molecule has 3 rings (SSSR count). The first-order valence-corrected chi connectivity index (χ1v) is 14.3. The quantitative estimate of drug-likeness (QED) is 0.195. The van der Waals surface area contributed by atoms with E-state index in [2.05, 4.69) is 0 Å². The second kappa shape index (κ2) is 11.2. The van der Waals surface area contributed by atoms with Gasteiger partial charge in [0.2, 0.25) is 6.71 Å². The molecule has 1 fully saturated rings. The van der Waals surface area contributed by atoms with Crippen molar-refractivity contribution >= 4 is 45.6 Å². The van der Waals surface area contributed by atoms with Gasteiger partial charge < -0.3 is 0 Å². The van der Waals surface area contributed by atoms with Crippen molar-refractivity contribution in [3.63, 3.8) is 0 Å². The number of halogens is 13. The zero-order valence-electron chi connectivity index (χ0n) is 14.8. The van der Waals surface area contributed by atoms with Crippen LogP contribution in [0.1, 0.15) is 0 Å². The molecule has 32 heavy (non-hydrogen) atoms. The maximum atomic E-state index is 14.2. The van der Waals surface area contributed by atoms with Gasteiger partial charge in [0.05, 0.1) is 0 Å². The third-order valence-electron chi connectivity index (χ3n) is 4.09. The first-order chi connectivity index (χ1) is 14.8. The molecule has 2 aromatic carbocycles. The van der Waals surface area contributed by atoms with Gasteiger partial charge in [-0.15, -0.1) is 0 Å². The normalized spacial score (nSPS) is 13.8. The molecule has 0 N–H and O–H groups in total. The zero-order chi connectivity index (χ0) is 24.5. The fourth-order valence-electron chi connectivity index (χ4n) is 2.81. The summed E-state index contributed by atoms with van der Waals surface area (Å²) in [6.45, 7) is -2.51. The van der Waals surface area contributed by atoms with Crippen LogP contribution in [0, 0.1) is 89.7 Å². The van der Waals surface area contributed by atoms with Gasteiger partial charge >= 0.3 is 42.6 Å². The van der Waals surface area contributed by atoms with Crippen LogP contribution in [-0.2, 0) is 14.7 Å². The van der Waals surface area contributed by atoms with E-state index in [0.717, 1.165) is 12.8 Å². The van der Waals surface area contributed by atoms with E-state index in [1.165, 1.54) is 12.8 Å². The number of rotatable bonds is 3. The molecule has 5 radical (unpaired) electrons. The van der Waals surface area contributed by atoms with Gasteiger partial charge in [-0.25, -0.2) is 43.9 Å². The summed E-state index contributed by atoms with van der Waals surface area (Å²) in [5.74, 6) is -25.2. The molecular weight excluding hydrogens is 559 g/mol. The Morgan fingerprint density at radius 1 is 0.469 bits per heavy atom. The fraction of sp³-hybridized carbons (Fsp3) is 0. The molecule has 0 saturated heterocycles. The van der Waals surface area contributed by atoms with Gasteiger partial charge in [0.15, 0.2) is 58.2 Å². The summed E-state index contributed by atoms with van der Waals surface area (Å²) in [7, 11) is 14.9. The molecule has 1 aliphatic carbocycles. The first-order valence-electron chi connectivity index (χ1n) is 7.90. The molecule has 1 saturated carbocycles. The van der Waals surface area contributed by atoms with Crippen molar-refractivity contribution in [2.75, 3.05) is 0 Å². The van der Waals surface area contributed by atoms with Gasteiger partial charge in [-0.05, 0) is 31.5 Å². The van der Waals surface area contributed by atoms with Gasteiger partial charge in [0.25, 0.3) is 0 Å². The van der Waals surface area contributed by atoms with Crippen LogP contribution in [0.2, 0.25) is 0 Å². The molecule has 0 bridgehead atoms. The fourth-order valence-corrected chi connectivity index (χ4v) is 2.81. The van der Waals surface area contributed by atoms with Gasteiger partial charge in [-0.1, -0.05) is 0 Å². The van der Waals surface area contributed by atoms with Crippen molar-refractivity contribution in [3.8, 4) is 0 Å². The second-order valence-electron chi connectivity index (χ2n) is 5.83. The molecule has 0 nitrogen and oxygen atoms in total. The van der Waals surface area contributed by atoms with E-state index in [1.807, 2.05) is 0 Å². The van der Waals surface area contributed by atoms with Crippen molar-refractivity contribution in [1.82, 2.24) is 0 Å². The minimum atomic E-state index is -2.54. The van der Waals surface area contributed by atoms with Crippen LogP contribution in [0.5, 0.6) is 0 Å². The van der Waals surface area contributed by atoms with Gasteiger partial charge in [0, 0.05) is 10.9 Å². The van der Waals surface area contributed by atoms with Crippen LogP contribution >= 0.6 is 27.9 Å². The van der Waals surface area contributed by atoms with Gasteiger partial charge in [-0.3, -0.25) is 0 Å². The third kappa shape index (κ3) is 5.37. The predicted octanol–water partition coefficient (Wildman–Crippen LogP) is 5.70. The van der Waals surface area contributed by atoms with E-state index in [1.54, 1.807) is 0 Å².